The molecule has 0 aliphatic rings. The maximum absolute atomic E-state index is 12.3. The molecule has 0 aromatic heterocycles. The zero-order valence-electron chi connectivity index (χ0n) is 7.94. The van der Waals surface area contributed by atoms with E-state index in [2.05, 4.69) is 20.7 Å². The van der Waals surface area contributed by atoms with Crippen LogP contribution in [0, 0.1) is 0 Å². The summed E-state index contributed by atoms with van der Waals surface area (Å²) >= 11 is 2.36. The van der Waals surface area contributed by atoms with Crippen molar-refractivity contribution >= 4 is 15.9 Å². The van der Waals surface area contributed by atoms with Gasteiger partial charge in [-0.25, -0.2) is 0 Å². The fraction of sp³-hybridized carbons (Fsp3) is 0.333. The molecular weight excluding hydrogens is 318 g/mol. The lowest BCUT2D eigenvalue weighted by Crippen LogP contribution is -2.18. The highest BCUT2D eigenvalue weighted by Gasteiger charge is 2.39. The van der Waals surface area contributed by atoms with Crippen LogP contribution in [-0.4, -0.2) is 12.5 Å². The van der Waals surface area contributed by atoms with Gasteiger partial charge in [0.15, 0.2) is 0 Å². The van der Waals surface area contributed by atoms with Crippen LogP contribution in [0.4, 0.5) is 26.3 Å². The van der Waals surface area contributed by atoms with Crippen LogP contribution in [0.3, 0.4) is 0 Å². The summed E-state index contributed by atoms with van der Waals surface area (Å²) in [5, 5.41) is 0. The summed E-state index contributed by atoms with van der Waals surface area (Å²) in [6.45, 7) is 0. The zero-order valence-corrected chi connectivity index (χ0v) is 9.53. The molecule has 0 N–H and O–H groups in total. The fourth-order valence-corrected chi connectivity index (χ4v) is 1.34. The van der Waals surface area contributed by atoms with E-state index in [0.717, 1.165) is 18.2 Å². The van der Waals surface area contributed by atoms with Gasteiger partial charge in [0.25, 0.3) is 0 Å². The van der Waals surface area contributed by atoms with Gasteiger partial charge >= 0.3 is 12.5 Å². The van der Waals surface area contributed by atoms with Crippen LogP contribution >= 0.6 is 15.9 Å². The molecule has 0 aliphatic carbocycles. The first-order chi connectivity index (χ1) is 7.59. The molecule has 8 heteroatoms. The van der Waals surface area contributed by atoms with E-state index in [4.69, 9.17) is 0 Å². The van der Waals surface area contributed by atoms with E-state index >= 15 is 0 Å². The third-order valence-electron chi connectivity index (χ3n) is 1.67. The standard InChI is InChI=1S/C9H5BrF6O/c10-7(8(11,12)13)5-2-1-3-6(4-5)17-9(14,15)16/h1-4,7H/t7-/m1/s1. The Hall–Kier alpha value is -0.920. The first-order valence-corrected chi connectivity index (χ1v) is 5.07. The number of benzene rings is 1. The second-order valence-corrected chi connectivity index (χ2v) is 3.94. The van der Waals surface area contributed by atoms with Crippen LogP contribution in [0.15, 0.2) is 24.3 Å². The van der Waals surface area contributed by atoms with Crippen LogP contribution in [0.2, 0.25) is 0 Å². The van der Waals surface area contributed by atoms with Crippen LogP contribution in [-0.2, 0) is 0 Å². The van der Waals surface area contributed by atoms with Gasteiger partial charge in [-0.2, -0.15) is 13.2 Å². The molecule has 0 radical (unpaired) electrons. The highest BCUT2D eigenvalue weighted by molar-refractivity contribution is 9.09. The molecule has 1 aromatic carbocycles. The van der Waals surface area contributed by atoms with Gasteiger partial charge in [-0.15, -0.1) is 13.2 Å². The molecule has 0 unspecified atom stereocenters. The van der Waals surface area contributed by atoms with Gasteiger partial charge in [0.05, 0.1) is 0 Å². The molecule has 0 heterocycles. The minimum atomic E-state index is -4.93. The molecule has 0 saturated heterocycles. The Morgan fingerprint density at radius 3 is 2.12 bits per heavy atom. The fourth-order valence-electron chi connectivity index (χ4n) is 1.06. The smallest absolute Gasteiger partial charge is 0.406 e. The molecule has 96 valence electrons. The maximum atomic E-state index is 12.3. The summed E-state index contributed by atoms with van der Waals surface area (Å²) in [7, 11) is 0. The molecule has 1 atom stereocenters. The van der Waals surface area contributed by atoms with Crippen molar-refractivity contribution in [1.82, 2.24) is 0 Å². The molecule has 0 bridgehead atoms. The van der Waals surface area contributed by atoms with Crippen LogP contribution in [0.1, 0.15) is 10.4 Å². The van der Waals surface area contributed by atoms with Crippen molar-refractivity contribution < 1.29 is 31.1 Å². The Bertz CT molecular complexity index is 386. The van der Waals surface area contributed by atoms with E-state index in [1.807, 2.05) is 0 Å². The van der Waals surface area contributed by atoms with E-state index in [0.29, 0.717) is 6.07 Å². The monoisotopic (exact) mass is 322 g/mol. The molecular formula is C9H5BrF6O. The predicted molar refractivity (Wildman–Crippen MR) is 50.8 cm³/mol. The largest absolute Gasteiger partial charge is 0.573 e. The summed E-state index contributed by atoms with van der Waals surface area (Å²) < 4.78 is 76.0. The van der Waals surface area contributed by atoms with E-state index in [1.165, 1.54) is 0 Å². The minimum absolute atomic E-state index is 0.362. The Morgan fingerprint density at radius 1 is 1.06 bits per heavy atom. The van der Waals surface area contributed by atoms with Gasteiger partial charge in [0.1, 0.15) is 10.6 Å². The average molecular weight is 323 g/mol. The maximum Gasteiger partial charge on any atom is 0.573 e. The van der Waals surface area contributed by atoms with Gasteiger partial charge in [-0.1, -0.05) is 28.1 Å². The second kappa shape index (κ2) is 4.75. The Labute approximate surface area is 101 Å². The highest BCUT2D eigenvalue weighted by Crippen LogP contribution is 2.40. The number of hydrogen-bond acceptors (Lipinski definition) is 1. The molecule has 0 fully saturated rings. The van der Waals surface area contributed by atoms with Crippen molar-refractivity contribution in [2.45, 2.75) is 17.4 Å². The zero-order chi connectivity index (χ0) is 13.3. The van der Waals surface area contributed by atoms with Crippen molar-refractivity contribution in [1.29, 1.82) is 0 Å². The summed E-state index contributed by atoms with van der Waals surface area (Å²) in [4.78, 5) is -2.04. The van der Waals surface area contributed by atoms with E-state index in [1.54, 1.807) is 0 Å². The molecule has 0 spiro atoms. The SMILES string of the molecule is FC(F)(F)Oc1cccc([C@@H](Br)C(F)(F)F)c1. The normalized spacial score (nSPS) is 14.5. The molecule has 1 rings (SSSR count). The Morgan fingerprint density at radius 2 is 1.65 bits per heavy atom. The minimum Gasteiger partial charge on any atom is -0.406 e. The number of rotatable bonds is 2. The molecule has 1 nitrogen and oxygen atoms in total. The summed E-state index contributed by atoms with van der Waals surface area (Å²) in [5.74, 6) is -0.691. The van der Waals surface area contributed by atoms with Gasteiger partial charge in [-0.3, -0.25) is 0 Å². The lowest BCUT2D eigenvalue weighted by Gasteiger charge is -2.15. The van der Waals surface area contributed by atoms with Crippen molar-refractivity contribution in [3.8, 4) is 5.75 Å². The van der Waals surface area contributed by atoms with Gasteiger partial charge in [0, 0.05) is 0 Å². The van der Waals surface area contributed by atoms with Crippen molar-refractivity contribution in [2.24, 2.45) is 0 Å². The van der Waals surface area contributed by atoms with E-state index < -0.39 is 23.1 Å². The summed E-state index contributed by atoms with van der Waals surface area (Å²) in [5.41, 5.74) is -0.362. The lowest BCUT2D eigenvalue weighted by atomic mass is 10.1. The molecule has 1 aromatic rings. The van der Waals surface area contributed by atoms with Crippen LogP contribution < -0.4 is 4.74 Å². The molecule has 0 saturated carbocycles. The van der Waals surface area contributed by atoms with Crippen molar-refractivity contribution in [3.05, 3.63) is 29.8 Å². The number of halogens is 7. The lowest BCUT2D eigenvalue weighted by molar-refractivity contribution is -0.274. The van der Waals surface area contributed by atoms with Gasteiger partial charge in [0.2, 0.25) is 0 Å². The number of ether oxygens (including phenoxy) is 1. The first-order valence-electron chi connectivity index (χ1n) is 4.16. The number of hydrogen-bond donors (Lipinski definition) is 0. The highest BCUT2D eigenvalue weighted by atomic mass is 79.9. The topological polar surface area (TPSA) is 9.23 Å². The van der Waals surface area contributed by atoms with Crippen LogP contribution in [0.25, 0.3) is 0 Å². The van der Waals surface area contributed by atoms with Crippen molar-refractivity contribution in [2.75, 3.05) is 0 Å². The van der Waals surface area contributed by atoms with Gasteiger partial charge < -0.3 is 4.74 Å². The van der Waals surface area contributed by atoms with E-state index in [-0.39, 0.29) is 5.56 Å². The van der Waals surface area contributed by atoms with E-state index in [9.17, 15) is 26.3 Å². The third kappa shape index (κ3) is 4.45. The van der Waals surface area contributed by atoms with Gasteiger partial charge in [-0.05, 0) is 17.7 Å². The number of alkyl halides is 7. The average Bonchev–Trinajstić information content (AvgIpc) is 2.12. The summed E-state index contributed by atoms with van der Waals surface area (Å²) in [6.07, 6.45) is -9.52. The second-order valence-electron chi connectivity index (χ2n) is 3.02. The Kier molecular flexibility index (Phi) is 3.95. The van der Waals surface area contributed by atoms with Crippen LogP contribution in [0.5, 0.6) is 5.75 Å². The molecule has 0 aliphatic heterocycles. The Balaban J connectivity index is 2.94. The van der Waals surface area contributed by atoms with Crippen molar-refractivity contribution in [3.63, 3.8) is 0 Å². The quantitative estimate of drug-likeness (QED) is 0.572. The first kappa shape index (κ1) is 14.1. The summed E-state index contributed by atoms with van der Waals surface area (Å²) in [6, 6.07) is 3.71. The molecule has 0 amide bonds. The predicted octanol–water partition coefficient (Wildman–Crippen LogP) is 4.58. The third-order valence-corrected chi connectivity index (χ3v) is 2.72. The molecule has 17 heavy (non-hydrogen) atoms.